The summed E-state index contributed by atoms with van der Waals surface area (Å²) in [6, 6.07) is 0. The molecule has 0 saturated carbocycles. The Morgan fingerprint density at radius 3 is 1.89 bits per heavy atom. The molecule has 0 spiro atoms. The van der Waals surface area contributed by atoms with E-state index in [4.69, 9.17) is 14.2 Å². The summed E-state index contributed by atoms with van der Waals surface area (Å²) in [5.74, 6) is 0.174. The number of unbranched alkanes of at least 4 members (excludes halogenated alkanes) is 13. The molecule has 0 rings (SSSR count). The Morgan fingerprint density at radius 1 is 0.811 bits per heavy atom. The van der Waals surface area contributed by atoms with Gasteiger partial charge in [-0.2, -0.15) is 11.8 Å². The van der Waals surface area contributed by atoms with Crippen LogP contribution in [0.2, 0.25) is 0 Å². The number of thioether (sulfide) groups is 1. The van der Waals surface area contributed by atoms with E-state index in [0.717, 1.165) is 0 Å². The number of aliphatic hydroxyl groups is 1. The minimum atomic E-state index is -2.38. The molecule has 37 heavy (non-hydrogen) atoms. The Morgan fingerprint density at radius 2 is 1.35 bits per heavy atom. The first-order chi connectivity index (χ1) is 17.9. The van der Waals surface area contributed by atoms with Crippen LogP contribution in [0.1, 0.15) is 137 Å². The van der Waals surface area contributed by atoms with Crippen molar-refractivity contribution in [1.29, 1.82) is 0 Å². The summed E-state index contributed by atoms with van der Waals surface area (Å²) < 4.78 is 27.3. The Balaban J connectivity index is 4.26. The van der Waals surface area contributed by atoms with Gasteiger partial charge in [-0.1, -0.05) is 108 Å². The van der Waals surface area contributed by atoms with Crippen LogP contribution in [0.5, 0.6) is 0 Å². The summed E-state index contributed by atoms with van der Waals surface area (Å²) in [6.45, 7) is 8.92. The lowest BCUT2D eigenvalue weighted by atomic mass is 10.1. The van der Waals surface area contributed by atoms with Gasteiger partial charge < -0.3 is 19.3 Å². The maximum absolute atomic E-state index is 11.7. The molecule has 4 atom stereocenters. The largest absolute Gasteiger partial charge is 0.470 e. The van der Waals surface area contributed by atoms with Crippen LogP contribution in [0.15, 0.2) is 0 Å². The molecule has 4 unspecified atom stereocenters. The third-order valence-corrected chi connectivity index (χ3v) is 8.81. The van der Waals surface area contributed by atoms with Crippen LogP contribution in [0.3, 0.4) is 0 Å². The van der Waals surface area contributed by atoms with Crippen molar-refractivity contribution < 1.29 is 28.7 Å². The molecule has 0 radical (unpaired) electrons. The lowest BCUT2D eigenvalue weighted by Gasteiger charge is -2.24. The summed E-state index contributed by atoms with van der Waals surface area (Å²) in [4.78, 5) is 11.7. The number of ether oxygens (including phenoxy) is 3. The highest BCUT2D eigenvalue weighted by Crippen LogP contribution is 2.26. The third-order valence-electron chi connectivity index (χ3n) is 6.62. The van der Waals surface area contributed by atoms with Crippen LogP contribution in [-0.4, -0.2) is 53.5 Å². The lowest BCUT2D eigenvalue weighted by Crippen LogP contribution is -2.38. The van der Waals surface area contributed by atoms with Gasteiger partial charge in [0.25, 0.3) is 0 Å². The van der Waals surface area contributed by atoms with Crippen LogP contribution in [0.25, 0.3) is 0 Å². The average molecular weight is 566 g/mol. The van der Waals surface area contributed by atoms with E-state index in [1.807, 2.05) is 0 Å². The monoisotopic (exact) mass is 565 g/mol. The van der Waals surface area contributed by atoms with Gasteiger partial charge in [-0.3, -0.25) is 0 Å². The lowest BCUT2D eigenvalue weighted by molar-refractivity contribution is -0.196. The van der Waals surface area contributed by atoms with Gasteiger partial charge in [0.05, 0.1) is 19.3 Å². The SMILES string of the molecule is CCCCCCCCCCCCSC(CCCCCCC)C(C)OCCCOC(O)([PH+]=O)C(=O)OCC. The molecule has 6 nitrogen and oxygen atoms in total. The molecule has 0 bridgehead atoms. The van der Waals surface area contributed by atoms with Crippen LogP contribution >= 0.6 is 20.2 Å². The molecular formula is C29H58O6PS+. The zero-order valence-electron chi connectivity index (χ0n) is 24.4. The van der Waals surface area contributed by atoms with Gasteiger partial charge in [0.15, 0.2) is 0 Å². The van der Waals surface area contributed by atoms with Crippen molar-refractivity contribution in [2.75, 3.05) is 25.6 Å². The minimum absolute atomic E-state index is 0.0741. The standard InChI is InChI=1S/C29H57O6PS/c1-5-8-10-12-13-14-15-16-18-20-25-37-27(22-19-17-11-9-6-2)26(4)34-23-21-24-35-29(31,36-32)28(30)33-7-3/h26-27,31H,5-25H2,1-4H3/p+1. The van der Waals surface area contributed by atoms with Crippen LogP contribution in [0.4, 0.5) is 0 Å². The van der Waals surface area contributed by atoms with Crippen molar-refractivity contribution in [3.05, 3.63) is 0 Å². The minimum Gasteiger partial charge on any atom is -0.458 e. The maximum atomic E-state index is 11.7. The summed E-state index contributed by atoms with van der Waals surface area (Å²) in [5, 5.41) is 10.5. The van der Waals surface area contributed by atoms with Crippen molar-refractivity contribution in [1.82, 2.24) is 0 Å². The second-order valence-electron chi connectivity index (χ2n) is 10.0. The number of carbonyl (C=O) groups is 1. The average Bonchev–Trinajstić information content (AvgIpc) is 2.90. The fourth-order valence-electron chi connectivity index (χ4n) is 4.24. The number of hydrogen-bond acceptors (Lipinski definition) is 7. The van der Waals surface area contributed by atoms with Crippen molar-refractivity contribution in [3.63, 3.8) is 0 Å². The first-order valence-electron chi connectivity index (χ1n) is 15.1. The number of hydrogen-bond donors (Lipinski definition) is 1. The Labute approximate surface area is 233 Å². The highest BCUT2D eigenvalue weighted by atomic mass is 32.2. The number of carbonyl (C=O) groups excluding carboxylic acids is 1. The molecule has 0 aromatic rings. The summed E-state index contributed by atoms with van der Waals surface area (Å²) in [6.07, 6.45) is 21.8. The number of rotatable bonds is 28. The molecule has 8 heteroatoms. The molecule has 0 amide bonds. The smallest absolute Gasteiger partial charge is 0.458 e. The van der Waals surface area contributed by atoms with E-state index in [0.29, 0.717) is 18.3 Å². The predicted molar refractivity (Wildman–Crippen MR) is 158 cm³/mol. The molecule has 1 N–H and O–H groups in total. The van der Waals surface area contributed by atoms with Gasteiger partial charge in [-0.25, -0.2) is 4.79 Å². The zero-order valence-corrected chi connectivity index (χ0v) is 26.2. The normalized spacial score (nSPS) is 14.9. The fraction of sp³-hybridized carbons (Fsp3) is 0.966. The van der Waals surface area contributed by atoms with E-state index in [1.165, 1.54) is 108 Å². The molecule has 0 aromatic carbocycles. The molecule has 0 aliphatic rings. The first-order valence-corrected chi connectivity index (χ1v) is 17.1. The van der Waals surface area contributed by atoms with Gasteiger partial charge in [0.2, 0.25) is 0 Å². The quantitative estimate of drug-likeness (QED) is 0.0441. The molecule has 0 fully saturated rings. The molecule has 220 valence electrons. The van der Waals surface area contributed by atoms with Crippen LogP contribution < -0.4 is 0 Å². The molecule has 0 heterocycles. The van der Waals surface area contributed by atoms with Gasteiger partial charge in [-0.05, 0) is 38.9 Å². The first kappa shape index (κ1) is 36.8. The summed E-state index contributed by atoms with van der Waals surface area (Å²) in [5.41, 5.74) is -2.38. The van der Waals surface area contributed by atoms with Crippen molar-refractivity contribution in [3.8, 4) is 0 Å². The Kier molecular flexibility index (Phi) is 25.9. The van der Waals surface area contributed by atoms with Crippen LogP contribution in [0, 0.1) is 0 Å². The van der Waals surface area contributed by atoms with Crippen LogP contribution in [-0.2, 0) is 23.6 Å². The van der Waals surface area contributed by atoms with Crippen molar-refractivity contribution >= 4 is 26.2 Å². The van der Waals surface area contributed by atoms with E-state index < -0.39 is 20.0 Å². The van der Waals surface area contributed by atoms with Gasteiger partial charge in [-0.15, -0.1) is 0 Å². The highest BCUT2D eigenvalue weighted by molar-refractivity contribution is 7.99. The second kappa shape index (κ2) is 26.0. The van der Waals surface area contributed by atoms with Gasteiger partial charge in [0, 0.05) is 11.9 Å². The Hall–Kier alpha value is -0.200. The molecular weight excluding hydrogens is 507 g/mol. The van der Waals surface area contributed by atoms with Crippen molar-refractivity contribution in [2.45, 2.75) is 154 Å². The molecule has 0 aromatic heterocycles. The zero-order chi connectivity index (χ0) is 27.6. The third kappa shape index (κ3) is 20.4. The van der Waals surface area contributed by atoms with E-state index in [-0.39, 0.29) is 19.3 Å². The van der Waals surface area contributed by atoms with Gasteiger partial charge in [0.1, 0.15) is 0 Å². The fourth-order valence-corrected chi connectivity index (χ4v) is 5.91. The Bertz CT molecular complexity index is 539. The highest BCUT2D eigenvalue weighted by Gasteiger charge is 2.49. The van der Waals surface area contributed by atoms with E-state index in [1.54, 1.807) is 6.92 Å². The summed E-state index contributed by atoms with van der Waals surface area (Å²) >= 11 is 2.05. The molecule has 0 saturated heterocycles. The molecule has 0 aliphatic heterocycles. The van der Waals surface area contributed by atoms with Gasteiger partial charge >= 0.3 is 20.0 Å². The number of esters is 1. The van der Waals surface area contributed by atoms with E-state index in [2.05, 4.69) is 32.5 Å². The maximum Gasteiger partial charge on any atom is 0.470 e. The van der Waals surface area contributed by atoms with E-state index >= 15 is 0 Å². The van der Waals surface area contributed by atoms with Crippen molar-refractivity contribution in [2.24, 2.45) is 0 Å². The molecule has 0 aliphatic carbocycles. The topological polar surface area (TPSA) is 82.1 Å². The van der Waals surface area contributed by atoms with E-state index in [9.17, 15) is 14.5 Å². The predicted octanol–water partition coefficient (Wildman–Crippen LogP) is 8.41. The second-order valence-corrected chi connectivity index (χ2v) is 12.3. The summed E-state index contributed by atoms with van der Waals surface area (Å²) in [7, 11) is -1.34.